The quantitative estimate of drug-likeness (QED) is 0.600. The topological polar surface area (TPSA) is 89.5 Å². The fraction of sp³-hybridized carbons (Fsp3) is 0.375. The van der Waals surface area contributed by atoms with E-state index in [-0.39, 0.29) is 11.9 Å². The molecule has 1 saturated heterocycles. The third kappa shape index (κ3) is 4.18. The molecule has 3 heterocycles. The first-order valence-electron chi connectivity index (χ1n) is 10.7. The van der Waals surface area contributed by atoms with E-state index in [4.69, 9.17) is 10.5 Å². The van der Waals surface area contributed by atoms with Crippen molar-refractivity contribution < 1.29 is 9.53 Å². The number of nitrogens with zero attached hydrogens (tertiary/aromatic N) is 5. The SMILES string of the molecule is COc1cc(-c2cn(C3CCN(C(=O)C=CCN(C)C)C3)c3ncnc(N)c23)ccc1C. The first-order valence-corrected chi connectivity index (χ1v) is 10.7. The Morgan fingerprint density at radius 3 is 2.91 bits per heavy atom. The van der Waals surface area contributed by atoms with Gasteiger partial charge in [-0.2, -0.15) is 0 Å². The highest BCUT2D eigenvalue weighted by Gasteiger charge is 2.29. The molecule has 1 amide bonds. The average molecular weight is 435 g/mol. The van der Waals surface area contributed by atoms with Gasteiger partial charge in [-0.15, -0.1) is 0 Å². The summed E-state index contributed by atoms with van der Waals surface area (Å²) in [5.74, 6) is 1.31. The van der Waals surface area contributed by atoms with Crippen molar-refractivity contribution in [1.29, 1.82) is 0 Å². The van der Waals surface area contributed by atoms with E-state index in [1.54, 1.807) is 13.2 Å². The van der Waals surface area contributed by atoms with E-state index in [0.29, 0.717) is 18.9 Å². The summed E-state index contributed by atoms with van der Waals surface area (Å²) in [7, 11) is 5.63. The van der Waals surface area contributed by atoms with Crippen LogP contribution in [0.1, 0.15) is 18.0 Å². The van der Waals surface area contributed by atoms with Crippen LogP contribution >= 0.6 is 0 Å². The number of rotatable bonds is 6. The molecule has 168 valence electrons. The molecule has 2 aromatic heterocycles. The van der Waals surface area contributed by atoms with Gasteiger partial charge in [0.2, 0.25) is 5.91 Å². The van der Waals surface area contributed by atoms with Gasteiger partial charge >= 0.3 is 0 Å². The van der Waals surface area contributed by atoms with Crippen molar-refractivity contribution in [2.24, 2.45) is 0 Å². The molecule has 8 nitrogen and oxygen atoms in total. The molecule has 4 rings (SSSR count). The summed E-state index contributed by atoms with van der Waals surface area (Å²) in [5.41, 5.74) is 10.1. The normalized spacial score (nSPS) is 16.5. The number of aryl methyl sites for hydroxylation is 1. The number of hydrogen-bond donors (Lipinski definition) is 1. The first-order chi connectivity index (χ1) is 15.4. The highest BCUT2D eigenvalue weighted by atomic mass is 16.5. The molecule has 1 aromatic carbocycles. The summed E-state index contributed by atoms with van der Waals surface area (Å²) in [6.45, 7) is 4.10. The minimum absolute atomic E-state index is 0.0449. The molecule has 0 spiro atoms. The van der Waals surface area contributed by atoms with E-state index in [0.717, 1.165) is 46.4 Å². The van der Waals surface area contributed by atoms with Crippen molar-refractivity contribution in [2.75, 3.05) is 46.6 Å². The number of nitrogen functional groups attached to an aromatic ring is 1. The third-order valence-corrected chi connectivity index (χ3v) is 5.96. The van der Waals surface area contributed by atoms with Crippen LogP contribution in [0.25, 0.3) is 22.2 Å². The van der Waals surface area contributed by atoms with Crippen LogP contribution in [0.5, 0.6) is 5.75 Å². The average Bonchev–Trinajstić information content (AvgIpc) is 3.39. The number of carbonyl (C=O) groups is 1. The van der Waals surface area contributed by atoms with Crippen molar-refractivity contribution in [3.63, 3.8) is 0 Å². The van der Waals surface area contributed by atoms with Crippen LogP contribution in [0.15, 0.2) is 42.9 Å². The molecular formula is C24H30N6O2. The number of benzene rings is 1. The van der Waals surface area contributed by atoms with Gasteiger partial charge in [0.1, 0.15) is 23.5 Å². The van der Waals surface area contributed by atoms with Crippen molar-refractivity contribution in [3.05, 3.63) is 48.4 Å². The molecule has 1 unspecified atom stereocenters. The van der Waals surface area contributed by atoms with Gasteiger partial charge in [0, 0.05) is 37.5 Å². The van der Waals surface area contributed by atoms with E-state index in [9.17, 15) is 4.79 Å². The highest BCUT2D eigenvalue weighted by molar-refractivity contribution is 6.01. The maximum atomic E-state index is 12.6. The Bertz CT molecular complexity index is 1170. The minimum Gasteiger partial charge on any atom is -0.496 e. The van der Waals surface area contributed by atoms with Gasteiger partial charge in [-0.3, -0.25) is 4.79 Å². The fourth-order valence-electron chi connectivity index (χ4n) is 4.23. The maximum Gasteiger partial charge on any atom is 0.246 e. The molecule has 0 bridgehead atoms. The Labute approximate surface area is 188 Å². The second-order valence-corrected chi connectivity index (χ2v) is 8.48. The molecule has 32 heavy (non-hydrogen) atoms. The predicted molar refractivity (Wildman–Crippen MR) is 127 cm³/mol. The number of ether oxygens (including phenoxy) is 1. The first kappa shape index (κ1) is 21.8. The number of aromatic nitrogens is 3. The zero-order chi connectivity index (χ0) is 22.8. The molecular weight excluding hydrogens is 404 g/mol. The largest absolute Gasteiger partial charge is 0.496 e. The number of nitrogens with two attached hydrogens (primary N) is 1. The zero-order valence-electron chi connectivity index (χ0n) is 19.1. The number of hydrogen-bond acceptors (Lipinski definition) is 6. The van der Waals surface area contributed by atoms with Crippen molar-refractivity contribution >= 4 is 22.8 Å². The van der Waals surface area contributed by atoms with Gasteiger partial charge in [-0.1, -0.05) is 18.2 Å². The van der Waals surface area contributed by atoms with E-state index < -0.39 is 0 Å². The molecule has 8 heteroatoms. The molecule has 1 fully saturated rings. The summed E-state index contributed by atoms with van der Waals surface area (Å²) >= 11 is 0. The number of carbonyl (C=O) groups excluding carboxylic acids is 1. The van der Waals surface area contributed by atoms with E-state index in [2.05, 4.69) is 26.8 Å². The molecule has 2 N–H and O–H groups in total. The van der Waals surface area contributed by atoms with Gasteiger partial charge in [0.25, 0.3) is 0 Å². The summed E-state index contributed by atoms with van der Waals surface area (Å²) in [5, 5.41) is 0.828. The van der Waals surface area contributed by atoms with Crippen molar-refractivity contribution in [3.8, 4) is 16.9 Å². The molecule has 1 atom stereocenters. The summed E-state index contributed by atoms with van der Waals surface area (Å²) < 4.78 is 7.67. The molecule has 0 saturated carbocycles. The van der Waals surface area contributed by atoms with Gasteiger partial charge in [-0.25, -0.2) is 9.97 Å². The Kier molecular flexibility index (Phi) is 6.14. The van der Waals surface area contributed by atoms with Crippen LogP contribution in [0.4, 0.5) is 5.82 Å². The van der Waals surface area contributed by atoms with Crippen LogP contribution in [0.2, 0.25) is 0 Å². The lowest BCUT2D eigenvalue weighted by molar-refractivity contribution is -0.125. The summed E-state index contributed by atoms with van der Waals surface area (Å²) in [6, 6.07) is 6.23. The Hall–Kier alpha value is -3.39. The number of amides is 1. The lowest BCUT2D eigenvalue weighted by Crippen LogP contribution is -2.27. The van der Waals surface area contributed by atoms with E-state index in [1.807, 2.05) is 49.0 Å². The molecule has 1 aliphatic heterocycles. The zero-order valence-corrected chi connectivity index (χ0v) is 19.1. The van der Waals surface area contributed by atoms with Gasteiger partial charge in [0.05, 0.1) is 18.5 Å². The molecule has 1 aliphatic rings. The van der Waals surface area contributed by atoms with Crippen molar-refractivity contribution in [1.82, 2.24) is 24.3 Å². The third-order valence-electron chi connectivity index (χ3n) is 5.96. The van der Waals surface area contributed by atoms with Crippen LogP contribution in [0, 0.1) is 6.92 Å². The second-order valence-electron chi connectivity index (χ2n) is 8.48. The number of fused-ring (bicyclic) bond motifs is 1. The second kappa shape index (κ2) is 9.00. The fourth-order valence-corrected chi connectivity index (χ4v) is 4.23. The summed E-state index contributed by atoms with van der Waals surface area (Å²) in [6.07, 6.45) is 8.01. The summed E-state index contributed by atoms with van der Waals surface area (Å²) in [4.78, 5) is 25.3. The predicted octanol–water partition coefficient (Wildman–Crippen LogP) is 2.89. The van der Waals surface area contributed by atoms with Crippen LogP contribution in [0.3, 0.4) is 0 Å². The van der Waals surface area contributed by atoms with E-state index in [1.165, 1.54) is 6.33 Å². The van der Waals surface area contributed by atoms with E-state index >= 15 is 0 Å². The molecule has 0 radical (unpaired) electrons. The smallest absolute Gasteiger partial charge is 0.246 e. The van der Waals surface area contributed by atoms with Gasteiger partial charge in [0.15, 0.2) is 0 Å². The number of methoxy groups -OCH3 is 1. The minimum atomic E-state index is 0.0449. The van der Waals surface area contributed by atoms with Crippen molar-refractivity contribution in [2.45, 2.75) is 19.4 Å². The molecule has 3 aromatic rings. The highest BCUT2D eigenvalue weighted by Crippen LogP contribution is 2.37. The number of anilines is 1. The Morgan fingerprint density at radius 2 is 2.16 bits per heavy atom. The van der Waals surface area contributed by atoms with Gasteiger partial charge in [-0.05, 0) is 44.6 Å². The van der Waals surface area contributed by atoms with Crippen LogP contribution in [-0.4, -0.2) is 71.1 Å². The number of likely N-dealkylation sites (N-methyl/N-ethyl adjacent to an activating group) is 1. The van der Waals surface area contributed by atoms with Gasteiger partial charge < -0.3 is 24.8 Å². The standard InChI is InChI=1S/C24H30N6O2/c1-16-7-8-17(12-20(16)32-4)19-14-30(24-22(19)23(25)26-15-27-24)18-9-11-29(13-18)21(31)6-5-10-28(2)3/h5-8,12,14-15,18H,9-11,13H2,1-4H3,(H2,25,26,27). The molecule has 0 aliphatic carbocycles. The Balaban J connectivity index is 1.67. The lowest BCUT2D eigenvalue weighted by Gasteiger charge is -2.16. The Morgan fingerprint density at radius 1 is 1.34 bits per heavy atom. The lowest BCUT2D eigenvalue weighted by atomic mass is 10.0. The maximum absolute atomic E-state index is 12.6. The van der Waals surface area contributed by atoms with Crippen LogP contribution in [-0.2, 0) is 4.79 Å². The van der Waals surface area contributed by atoms with Crippen LogP contribution < -0.4 is 10.5 Å². The number of likely N-dealkylation sites (tertiary alicyclic amines) is 1. The monoisotopic (exact) mass is 434 g/mol.